The number of ether oxygens (including phenoxy) is 3. The molecule has 0 radical (unpaired) electrons. The minimum Gasteiger partial charge on any atom is -0.507 e. The van der Waals surface area contributed by atoms with Crippen LogP contribution in [-0.4, -0.2) is 63.8 Å². The second kappa shape index (κ2) is 6.29. The number of methoxy groups -OCH3 is 1. The van der Waals surface area contributed by atoms with Crippen LogP contribution in [0.15, 0.2) is 12.1 Å². The quantitative estimate of drug-likeness (QED) is 0.399. The van der Waals surface area contributed by atoms with Crippen molar-refractivity contribution >= 4 is 11.6 Å². The van der Waals surface area contributed by atoms with Gasteiger partial charge in [-0.15, -0.1) is 0 Å². The minimum absolute atomic E-state index is 0.0394. The number of fused-ring (bicyclic) bond motifs is 1. The lowest BCUT2D eigenvalue weighted by molar-refractivity contribution is -0.204. The van der Waals surface area contributed by atoms with Crippen LogP contribution in [0.25, 0.3) is 0 Å². The average molecular weight is 458 g/mol. The van der Waals surface area contributed by atoms with Crippen LogP contribution in [0, 0.1) is 0 Å². The molecular formula is C23H19FO9. The molecule has 0 saturated carbocycles. The van der Waals surface area contributed by atoms with Crippen molar-refractivity contribution in [3.05, 3.63) is 51.1 Å². The summed E-state index contributed by atoms with van der Waals surface area (Å²) in [6.45, 7) is 1.37. The van der Waals surface area contributed by atoms with Gasteiger partial charge in [0.05, 0.1) is 36.3 Å². The molecule has 7 aliphatic rings. The normalized spacial score (nSPS) is 33.4. The molecular weight excluding hydrogens is 439 g/mol. The molecule has 33 heavy (non-hydrogen) atoms. The molecule has 0 amide bonds. The third-order valence-corrected chi connectivity index (χ3v) is 7.23. The summed E-state index contributed by atoms with van der Waals surface area (Å²) in [5, 5.41) is 43.8. The maximum Gasteiger partial charge on any atom is 0.202 e. The molecule has 6 atom stereocenters. The number of aliphatic hydroxyl groups is 2. The number of rotatable bonds is 1. The fraction of sp³-hybridized carbons (Fsp3) is 0.391. The van der Waals surface area contributed by atoms with Crippen LogP contribution in [0.1, 0.15) is 73.6 Å². The summed E-state index contributed by atoms with van der Waals surface area (Å²) in [4.78, 5) is 27.0. The molecule has 0 aromatic heterocycles. The third kappa shape index (κ3) is 2.24. The van der Waals surface area contributed by atoms with Gasteiger partial charge in [0, 0.05) is 22.3 Å². The van der Waals surface area contributed by atoms with E-state index in [4.69, 9.17) is 14.2 Å². The summed E-state index contributed by atoms with van der Waals surface area (Å²) >= 11 is 0. The van der Waals surface area contributed by atoms with Gasteiger partial charge in [0.1, 0.15) is 35.6 Å². The zero-order valence-corrected chi connectivity index (χ0v) is 17.5. The molecule has 2 aromatic carbocycles. The Kier molecular flexibility index (Phi) is 3.92. The molecule has 4 N–H and O–H groups in total. The van der Waals surface area contributed by atoms with Crippen molar-refractivity contribution in [1.29, 1.82) is 0 Å². The van der Waals surface area contributed by atoms with Crippen LogP contribution in [0.5, 0.6) is 17.2 Å². The predicted octanol–water partition coefficient (Wildman–Crippen LogP) is 1.53. The van der Waals surface area contributed by atoms with Gasteiger partial charge in [-0.3, -0.25) is 9.59 Å². The Balaban J connectivity index is 1.83. The number of benzene rings is 2. The Labute approximate surface area is 185 Å². The van der Waals surface area contributed by atoms with Gasteiger partial charge in [0.25, 0.3) is 0 Å². The third-order valence-electron chi connectivity index (χ3n) is 7.23. The molecule has 1 saturated heterocycles. The van der Waals surface area contributed by atoms with E-state index in [2.05, 4.69) is 0 Å². The number of alkyl halides is 1. The first kappa shape index (κ1) is 20.5. The summed E-state index contributed by atoms with van der Waals surface area (Å²) in [5.74, 6) is -6.32. The molecule has 9 nitrogen and oxygen atoms in total. The highest BCUT2D eigenvalue weighted by Gasteiger charge is 2.58. The summed E-state index contributed by atoms with van der Waals surface area (Å²) in [6, 6.07) is 2.95. The number of aromatic hydroxyl groups is 2. The zero-order valence-electron chi connectivity index (χ0n) is 17.5. The highest BCUT2D eigenvalue weighted by molar-refractivity contribution is 6.31. The molecule has 10 bridgehead atoms. The van der Waals surface area contributed by atoms with Crippen LogP contribution in [0.2, 0.25) is 0 Å². The van der Waals surface area contributed by atoms with E-state index in [0.717, 1.165) is 0 Å². The van der Waals surface area contributed by atoms with Gasteiger partial charge in [0.15, 0.2) is 17.7 Å². The second-order valence-electron chi connectivity index (χ2n) is 8.83. The lowest BCUT2D eigenvalue weighted by Crippen LogP contribution is -2.50. The van der Waals surface area contributed by atoms with Gasteiger partial charge in [-0.25, -0.2) is 4.39 Å². The first-order chi connectivity index (χ1) is 15.6. The van der Waals surface area contributed by atoms with E-state index in [-0.39, 0.29) is 29.0 Å². The Morgan fingerprint density at radius 3 is 2.42 bits per heavy atom. The Bertz CT molecular complexity index is 1290. The molecule has 3 unspecified atom stereocenters. The van der Waals surface area contributed by atoms with Crippen LogP contribution < -0.4 is 4.74 Å². The topological polar surface area (TPSA) is 143 Å². The van der Waals surface area contributed by atoms with E-state index >= 15 is 4.39 Å². The van der Waals surface area contributed by atoms with E-state index < -0.39 is 75.9 Å². The lowest BCUT2D eigenvalue weighted by Gasteiger charge is -2.44. The summed E-state index contributed by atoms with van der Waals surface area (Å²) < 4.78 is 32.6. The van der Waals surface area contributed by atoms with E-state index in [1.165, 1.54) is 20.1 Å². The predicted molar refractivity (Wildman–Crippen MR) is 106 cm³/mol. The van der Waals surface area contributed by atoms with Gasteiger partial charge >= 0.3 is 0 Å². The minimum atomic E-state index is -2.30. The molecule has 10 heteroatoms. The molecule has 1 fully saturated rings. The molecule has 0 spiro atoms. The summed E-state index contributed by atoms with van der Waals surface area (Å²) in [6.07, 6.45) is -7.11. The van der Waals surface area contributed by atoms with Crippen molar-refractivity contribution in [2.24, 2.45) is 0 Å². The Morgan fingerprint density at radius 2 is 1.73 bits per heavy atom. The van der Waals surface area contributed by atoms with E-state index in [1.54, 1.807) is 6.07 Å². The van der Waals surface area contributed by atoms with Gasteiger partial charge in [-0.05, 0) is 13.0 Å². The maximum absolute atomic E-state index is 15.1. The number of carbonyl (C=O) groups is 2. The largest absolute Gasteiger partial charge is 0.507 e. The second-order valence-corrected chi connectivity index (χ2v) is 8.83. The van der Waals surface area contributed by atoms with E-state index in [9.17, 15) is 30.0 Å². The smallest absolute Gasteiger partial charge is 0.202 e. The Hall–Kier alpha value is -3.05. The highest BCUT2D eigenvalue weighted by atomic mass is 19.1. The van der Waals surface area contributed by atoms with Gasteiger partial charge in [-0.2, -0.15) is 0 Å². The molecule has 2 aliphatic carbocycles. The SMILES string of the molecule is COc1c2ccc3c1C(=O)c1c(O)c4c(c(O)c1C3=O)C([C@H](O)[C@H](F)[C@H]4O)C1(C)OCC2O1. The fourth-order valence-corrected chi connectivity index (χ4v) is 5.75. The van der Waals surface area contributed by atoms with Crippen LogP contribution in [0.4, 0.5) is 4.39 Å². The van der Waals surface area contributed by atoms with Crippen molar-refractivity contribution in [1.82, 2.24) is 0 Å². The number of hydrogen-bond donors (Lipinski definition) is 4. The highest BCUT2D eigenvalue weighted by Crippen LogP contribution is 2.59. The number of carbonyl (C=O) groups excluding carboxylic acids is 2. The molecule has 172 valence electrons. The van der Waals surface area contributed by atoms with E-state index in [1.807, 2.05) is 0 Å². The van der Waals surface area contributed by atoms with Crippen molar-refractivity contribution < 1.29 is 48.6 Å². The average Bonchev–Trinajstić information content (AvgIpc) is 3.18. The molecule has 5 aliphatic heterocycles. The monoisotopic (exact) mass is 458 g/mol. The number of halogens is 1. The van der Waals surface area contributed by atoms with Crippen molar-refractivity contribution in [2.45, 2.75) is 43.1 Å². The first-order valence-corrected chi connectivity index (χ1v) is 10.4. The van der Waals surface area contributed by atoms with Crippen LogP contribution in [0.3, 0.4) is 0 Å². The summed E-state index contributed by atoms with van der Waals surface area (Å²) in [5.41, 5.74) is -1.65. The van der Waals surface area contributed by atoms with Crippen molar-refractivity contribution in [3.63, 3.8) is 0 Å². The molecule has 5 heterocycles. The molecule has 2 aromatic rings. The Morgan fingerprint density at radius 1 is 1.06 bits per heavy atom. The maximum atomic E-state index is 15.1. The standard InChI is InChI=1S/C23H19FO9/c1-23-14-10-11(20(29)15(24)21(14)30)19(28)13-12(18(10)27)16(25)7-4-3-6(8(33-23)5-32-23)22(31-2)9(7)17(13)26/h3-4,8,14-15,20-21,27-30H,5H2,1-2H3/t8?,14?,15-,20+,21+,23?/m1/s1. The number of phenols is 2. The first-order valence-electron chi connectivity index (χ1n) is 10.4. The van der Waals surface area contributed by atoms with E-state index in [0.29, 0.717) is 5.56 Å². The zero-order chi connectivity index (χ0) is 23.6. The number of phenolic OH excluding ortho intramolecular Hbond substituents is 2. The number of ketones is 2. The van der Waals surface area contributed by atoms with Crippen LogP contribution >= 0.6 is 0 Å². The summed E-state index contributed by atoms with van der Waals surface area (Å²) in [7, 11) is 1.31. The fourth-order valence-electron chi connectivity index (χ4n) is 5.75. The van der Waals surface area contributed by atoms with Crippen LogP contribution in [-0.2, 0) is 9.47 Å². The van der Waals surface area contributed by atoms with Gasteiger partial charge in [-0.1, -0.05) is 6.07 Å². The van der Waals surface area contributed by atoms with Gasteiger partial charge in [0.2, 0.25) is 5.78 Å². The van der Waals surface area contributed by atoms with Gasteiger partial charge < -0.3 is 34.6 Å². The van der Waals surface area contributed by atoms with Crippen molar-refractivity contribution in [2.75, 3.05) is 13.7 Å². The molecule has 9 rings (SSSR count). The number of aliphatic hydroxyl groups excluding tert-OH is 2. The lowest BCUT2D eigenvalue weighted by atomic mass is 9.69. The number of hydrogen-bond acceptors (Lipinski definition) is 9. The van der Waals surface area contributed by atoms with Crippen molar-refractivity contribution in [3.8, 4) is 17.2 Å².